The smallest absolute Gasteiger partial charge is 0.0375 e. The van der Waals surface area contributed by atoms with Gasteiger partial charge < -0.3 is 0 Å². The number of pyridine rings is 1. The highest BCUT2D eigenvalue weighted by Gasteiger charge is 1.89. The summed E-state index contributed by atoms with van der Waals surface area (Å²) in [5, 5.41) is 3.51. The van der Waals surface area contributed by atoms with Gasteiger partial charge in [0.2, 0.25) is 0 Å². The van der Waals surface area contributed by atoms with Crippen LogP contribution >= 0.6 is 0 Å². The van der Waals surface area contributed by atoms with Gasteiger partial charge in [-0.1, -0.05) is 41.5 Å². The van der Waals surface area contributed by atoms with Gasteiger partial charge in [-0.05, 0) is 28.8 Å². The van der Waals surface area contributed by atoms with Crippen LogP contribution in [0.2, 0.25) is 0 Å². The summed E-state index contributed by atoms with van der Waals surface area (Å²) in [6.45, 7) is 0. The zero-order valence-electron chi connectivity index (χ0n) is 9.06. The summed E-state index contributed by atoms with van der Waals surface area (Å²) < 4.78 is 0. The van der Waals surface area contributed by atoms with Gasteiger partial charge >= 0.3 is 0 Å². The first-order chi connectivity index (χ1) is 8.38. The van der Waals surface area contributed by atoms with Crippen LogP contribution < -0.4 is 0 Å². The molecule has 1 aromatic carbocycles. The number of azide groups is 1. The monoisotopic (exact) mass is 222 g/mol. The first-order valence-corrected chi connectivity index (χ1v) is 5.12. The Labute approximate surface area is 98.9 Å². The zero-order valence-corrected chi connectivity index (χ0v) is 9.06. The van der Waals surface area contributed by atoms with E-state index in [1.807, 2.05) is 36.4 Å². The highest BCUT2D eigenvalue weighted by molar-refractivity contribution is 5.69. The second kappa shape index (κ2) is 5.49. The number of hydrogen-bond donors (Lipinski definition) is 0. The Hall–Kier alpha value is -2.58. The van der Waals surface area contributed by atoms with E-state index < -0.39 is 0 Å². The third-order valence-corrected chi connectivity index (χ3v) is 2.23. The fourth-order valence-corrected chi connectivity index (χ4v) is 1.37. The van der Waals surface area contributed by atoms with Crippen molar-refractivity contribution in [2.45, 2.75) is 0 Å². The Balaban J connectivity index is 2.14. The molecule has 0 radical (unpaired) electrons. The molecule has 0 unspecified atom stereocenters. The summed E-state index contributed by atoms with van der Waals surface area (Å²) >= 11 is 0. The Bertz CT molecular complexity index is 552. The Kier molecular flexibility index (Phi) is 3.53. The number of nitrogens with zero attached hydrogens (tertiary/aromatic N) is 4. The lowest BCUT2D eigenvalue weighted by Crippen LogP contribution is -1.73. The van der Waals surface area contributed by atoms with Gasteiger partial charge in [0.05, 0.1) is 0 Å². The van der Waals surface area contributed by atoms with Crippen molar-refractivity contribution in [3.05, 3.63) is 70.4 Å². The zero-order chi connectivity index (χ0) is 11.9. The van der Waals surface area contributed by atoms with Crippen LogP contribution in [0.25, 0.3) is 22.6 Å². The lowest BCUT2D eigenvalue weighted by atomic mass is 10.1. The second-order valence-corrected chi connectivity index (χ2v) is 3.39. The van der Waals surface area contributed by atoms with Crippen LogP contribution in [0.1, 0.15) is 11.1 Å². The molecule has 0 aliphatic heterocycles. The molecule has 0 N–H and O–H groups in total. The second-order valence-electron chi connectivity index (χ2n) is 3.39. The Morgan fingerprint density at radius 3 is 2.12 bits per heavy atom. The predicted octanol–water partition coefficient (Wildman–Crippen LogP) is 4.19. The number of benzene rings is 1. The van der Waals surface area contributed by atoms with E-state index in [9.17, 15) is 0 Å². The van der Waals surface area contributed by atoms with Gasteiger partial charge in [-0.25, -0.2) is 0 Å². The number of aromatic nitrogens is 1. The fourth-order valence-electron chi connectivity index (χ4n) is 1.37. The molecule has 0 aliphatic rings. The van der Waals surface area contributed by atoms with E-state index >= 15 is 0 Å². The molecule has 2 rings (SSSR count). The minimum atomic E-state index is 0.619. The van der Waals surface area contributed by atoms with Gasteiger partial charge in [-0.3, -0.25) is 4.98 Å². The molecule has 0 atom stereocenters. The molecular weight excluding hydrogens is 212 g/mol. The molecule has 1 aromatic heterocycles. The highest BCUT2D eigenvalue weighted by atomic mass is 15.1. The van der Waals surface area contributed by atoms with Crippen molar-refractivity contribution in [3.63, 3.8) is 0 Å². The summed E-state index contributed by atoms with van der Waals surface area (Å²) in [5.41, 5.74) is 11.0. The first kappa shape index (κ1) is 10.9. The van der Waals surface area contributed by atoms with Gasteiger partial charge in [0.1, 0.15) is 0 Å². The molecule has 0 amide bonds. The predicted molar refractivity (Wildman–Crippen MR) is 68.4 cm³/mol. The Morgan fingerprint density at radius 2 is 1.53 bits per heavy atom. The van der Waals surface area contributed by atoms with Crippen LogP contribution in [0.4, 0.5) is 5.69 Å². The molecule has 4 heteroatoms. The first-order valence-electron chi connectivity index (χ1n) is 5.12. The normalized spacial score (nSPS) is 10.1. The highest BCUT2D eigenvalue weighted by Crippen LogP contribution is 2.14. The van der Waals surface area contributed by atoms with Gasteiger partial charge in [-0.15, -0.1) is 0 Å². The maximum absolute atomic E-state index is 8.28. The molecule has 82 valence electrons. The molecule has 0 spiro atoms. The molecule has 0 fully saturated rings. The van der Waals surface area contributed by atoms with Crippen molar-refractivity contribution in [3.8, 4) is 0 Å². The molecule has 0 bridgehead atoms. The van der Waals surface area contributed by atoms with Crippen LogP contribution in [-0.4, -0.2) is 4.98 Å². The van der Waals surface area contributed by atoms with Gasteiger partial charge in [0, 0.05) is 23.0 Å². The molecule has 0 aliphatic carbocycles. The maximum Gasteiger partial charge on any atom is 0.0375 e. The van der Waals surface area contributed by atoms with E-state index in [0.717, 1.165) is 11.1 Å². The SMILES string of the molecule is [N-]=[N+]=Nc1ccc(/C=C/c2ccncc2)cc1. The van der Waals surface area contributed by atoms with E-state index in [2.05, 4.69) is 15.0 Å². The molecular formula is C13H10N4. The molecule has 17 heavy (non-hydrogen) atoms. The fraction of sp³-hybridized carbons (Fsp3) is 0. The maximum atomic E-state index is 8.28. The van der Waals surface area contributed by atoms with E-state index in [4.69, 9.17) is 5.53 Å². The van der Waals surface area contributed by atoms with Gasteiger partial charge in [0.25, 0.3) is 0 Å². The van der Waals surface area contributed by atoms with Crippen molar-refractivity contribution in [1.29, 1.82) is 0 Å². The molecule has 0 saturated heterocycles. The van der Waals surface area contributed by atoms with Crippen LogP contribution in [0.15, 0.2) is 53.9 Å². The summed E-state index contributed by atoms with van der Waals surface area (Å²) in [6.07, 6.45) is 7.51. The van der Waals surface area contributed by atoms with Crippen LogP contribution in [0.3, 0.4) is 0 Å². The lowest BCUT2D eigenvalue weighted by Gasteiger charge is -1.95. The van der Waals surface area contributed by atoms with Gasteiger partial charge in [0.15, 0.2) is 0 Å². The third kappa shape index (κ3) is 3.19. The Morgan fingerprint density at radius 1 is 0.941 bits per heavy atom. The van der Waals surface area contributed by atoms with E-state index in [-0.39, 0.29) is 0 Å². The number of hydrogen-bond acceptors (Lipinski definition) is 2. The summed E-state index contributed by atoms with van der Waals surface area (Å²) in [5.74, 6) is 0. The molecule has 0 saturated carbocycles. The summed E-state index contributed by atoms with van der Waals surface area (Å²) in [6, 6.07) is 11.2. The standard InChI is InChI=1S/C13H10N4/c14-17-16-13-5-3-11(4-6-13)1-2-12-7-9-15-10-8-12/h1-10H/b2-1+. The van der Waals surface area contributed by atoms with Crippen molar-refractivity contribution in [2.75, 3.05) is 0 Å². The number of rotatable bonds is 3. The van der Waals surface area contributed by atoms with Gasteiger partial charge in [-0.2, -0.15) is 0 Å². The molecule has 4 nitrogen and oxygen atoms in total. The van der Waals surface area contributed by atoms with E-state index in [1.165, 1.54) is 0 Å². The van der Waals surface area contributed by atoms with Crippen molar-refractivity contribution < 1.29 is 0 Å². The van der Waals surface area contributed by atoms with Crippen LogP contribution in [0, 0.1) is 0 Å². The molecule has 1 heterocycles. The third-order valence-electron chi connectivity index (χ3n) is 2.23. The average molecular weight is 222 g/mol. The lowest BCUT2D eigenvalue weighted by molar-refractivity contribution is 1.32. The topological polar surface area (TPSA) is 61.7 Å². The largest absolute Gasteiger partial charge is 0.265 e. The van der Waals surface area contributed by atoms with Crippen molar-refractivity contribution in [1.82, 2.24) is 4.98 Å². The summed E-state index contributed by atoms with van der Waals surface area (Å²) in [4.78, 5) is 6.68. The average Bonchev–Trinajstić information content (AvgIpc) is 2.40. The van der Waals surface area contributed by atoms with E-state index in [0.29, 0.717) is 5.69 Å². The molecule has 2 aromatic rings. The van der Waals surface area contributed by atoms with E-state index in [1.54, 1.807) is 24.5 Å². The van der Waals surface area contributed by atoms with Crippen LogP contribution in [0.5, 0.6) is 0 Å². The minimum absolute atomic E-state index is 0.619. The summed E-state index contributed by atoms with van der Waals surface area (Å²) in [7, 11) is 0. The minimum Gasteiger partial charge on any atom is -0.265 e. The van der Waals surface area contributed by atoms with Crippen molar-refractivity contribution in [2.24, 2.45) is 5.11 Å². The van der Waals surface area contributed by atoms with Crippen LogP contribution in [-0.2, 0) is 0 Å². The van der Waals surface area contributed by atoms with Crippen molar-refractivity contribution >= 4 is 17.8 Å². The quantitative estimate of drug-likeness (QED) is 0.436.